The molecule has 0 amide bonds. The molecule has 1 aliphatic rings. The second-order valence-corrected chi connectivity index (χ2v) is 7.20. The molecule has 2 N–H and O–H groups in total. The molecular formula is C21H20N2O3S. The highest BCUT2D eigenvalue weighted by molar-refractivity contribution is 7.80. The molecule has 0 spiro atoms. The number of thiol groups is 1. The third-order valence-corrected chi connectivity index (χ3v) is 5.23. The number of nitrogens with zero attached hydrogens (tertiary/aromatic N) is 1. The molecule has 1 aromatic heterocycles. The first kappa shape index (κ1) is 17.8. The van der Waals surface area contributed by atoms with Gasteiger partial charge in [-0.3, -0.25) is 4.79 Å². The fourth-order valence-electron chi connectivity index (χ4n) is 3.33. The topological polar surface area (TPSA) is 75.2 Å². The number of aromatic nitrogens is 2. The van der Waals surface area contributed by atoms with Crippen LogP contribution in [0.1, 0.15) is 23.9 Å². The van der Waals surface area contributed by atoms with E-state index >= 15 is 0 Å². The van der Waals surface area contributed by atoms with Crippen LogP contribution in [0.2, 0.25) is 0 Å². The van der Waals surface area contributed by atoms with Gasteiger partial charge in [0.15, 0.2) is 0 Å². The zero-order chi connectivity index (χ0) is 18.8. The lowest BCUT2D eigenvalue weighted by molar-refractivity contribution is -0.160. The number of aromatic amines is 1. The van der Waals surface area contributed by atoms with Crippen molar-refractivity contribution in [3.05, 3.63) is 66.5 Å². The van der Waals surface area contributed by atoms with Gasteiger partial charge in [0.25, 0.3) is 0 Å². The Labute approximate surface area is 162 Å². The van der Waals surface area contributed by atoms with Gasteiger partial charge in [0.1, 0.15) is 11.9 Å². The number of H-pyrrole nitrogens is 1. The number of aliphatic hydroxyl groups is 1. The normalized spacial score (nSPS) is 20.9. The summed E-state index contributed by atoms with van der Waals surface area (Å²) in [5, 5.41) is 9.44. The summed E-state index contributed by atoms with van der Waals surface area (Å²) in [5.41, 5.74) is 3.70. The number of hydrogen-bond acceptors (Lipinski definition) is 5. The van der Waals surface area contributed by atoms with E-state index in [1.54, 1.807) is 0 Å². The molecule has 0 bridgehead atoms. The smallest absolute Gasteiger partial charge is 0.308 e. The summed E-state index contributed by atoms with van der Waals surface area (Å²) in [5.74, 6) is 0.207. The highest BCUT2D eigenvalue weighted by Gasteiger charge is 2.34. The minimum Gasteiger partial charge on any atom is -0.461 e. The average Bonchev–Trinajstić information content (AvgIpc) is 3.13. The number of carbonyl (C=O) groups excluding carboxylic acids is 1. The number of benzene rings is 2. The minimum atomic E-state index is -0.706. The Morgan fingerprint density at radius 3 is 2.33 bits per heavy atom. The lowest BCUT2D eigenvalue weighted by atomic mass is 10.0. The van der Waals surface area contributed by atoms with Crippen LogP contribution in [0, 0.1) is 0 Å². The van der Waals surface area contributed by atoms with Crippen LogP contribution in [-0.2, 0) is 9.53 Å². The van der Waals surface area contributed by atoms with Gasteiger partial charge in [-0.25, -0.2) is 4.98 Å². The quantitative estimate of drug-likeness (QED) is 0.476. The highest BCUT2D eigenvalue weighted by atomic mass is 32.1. The molecule has 0 saturated carbocycles. The van der Waals surface area contributed by atoms with E-state index in [0.717, 1.165) is 22.5 Å². The third kappa shape index (κ3) is 3.77. The molecule has 0 radical (unpaired) electrons. The van der Waals surface area contributed by atoms with Crippen molar-refractivity contribution in [1.29, 1.82) is 0 Å². The average molecular weight is 380 g/mol. The van der Waals surface area contributed by atoms with Gasteiger partial charge < -0.3 is 14.8 Å². The number of imidazole rings is 1. The Morgan fingerprint density at radius 2 is 1.70 bits per heavy atom. The zero-order valence-corrected chi connectivity index (χ0v) is 15.5. The molecule has 6 heteroatoms. The summed E-state index contributed by atoms with van der Waals surface area (Å²) in [7, 11) is 0. The number of hydrogen-bond donors (Lipinski definition) is 3. The van der Waals surface area contributed by atoms with Crippen molar-refractivity contribution in [2.75, 3.05) is 0 Å². The summed E-state index contributed by atoms with van der Waals surface area (Å²) in [6, 6.07) is 19.9. The van der Waals surface area contributed by atoms with Crippen LogP contribution in [0.5, 0.6) is 0 Å². The van der Waals surface area contributed by atoms with Gasteiger partial charge in [-0.15, -0.1) is 0 Å². The summed E-state index contributed by atoms with van der Waals surface area (Å²) < 4.78 is 5.40. The second kappa shape index (κ2) is 7.58. The van der Waals surface area contributed by atoms with Crippen molar-refractivity contribution in [2.24, 2.45) is 0 Å². The molecule has 3 atom stereocenters. The third-order valence-electron chi connectivity index (χ3n) is 4.65. The Bertz CT molecular complexity index is 870. The number of esters is 1. The van der Waals surface area contributed by atoms with Gasteiger partial charge in [0.05, 0.1) is 29.2 Å². The van der Waals surface area contributed by atoms with Crippen LogP contribution >= 0.6 is 12.6 Å². The minimum absolute atomic E-state index is 0.0275. The van der Waals surface area contributed by atoms with E-state index in [1.807, 2.05) is 60.7 Å². The number of nitrogens with one attached hydrogen (secondary N) is 1. The van der Waals surface area contributed by atoms with Crippen molar-refractivity contribution in [3.63, 3.8) is 0 Å². The molecule has 0 aliphatic carbocycles. The molecule has 3 aromatic rings. The van der Waals surface area contributed by atoms with Crippen LogP contribution < -0.4 is 0 Å². The molecule has 1 saturated heterocycles. The van der Waals surface area contributed by atoms with E-state index in [-0.39, 0.29) is 6.42 Å². The van der Waals surface area contributed by atoms with Crippen LogP contribution in [-0.4, -0.2) is 33.3 Å². The van der Waals surface area contributed by atoms with E-state index in [9.17, 15) is 9.90 Å². The van der Waals surface area contributed by atoms with Crippen molar-refractivity contribution >= 4 is 18.6 Å². The molecule has 4 rings (SSSR count). The first-order chi connectivity index (χ1) is 13.1. The Kier molecular flexibility index (Phi) is 5.01. The molecule has 138 valence electrons. The zero-order valence-electron chi connectivity index (χ0n) is 14.6. The maximum absolute atomic E-state index is 11.7. The van der Waals surface area contributed by atoms with Crippen molar-refractivity contribution < 1.29 is 14.6 Å². The largest absolute Gasteiger partial charge is 0.461 e. The number of aliphatic hydroxyl groups excluding tert-OH is 1. The molecular weight excluding hydrogens is 360 g/mol. The number of cyclic esters (lactones) is 1. The summed E-state index contributed by atoms with van der Waals surface area (Å²) in [6.07, 6.45) is -0.854. The van der Waals surface area contributed by atoms with Crippen LogP contribution in [0.4, 0.5) is 0 Å². The molecule has 2 heterocycles. The molecule has 1 unspecified atom stereocenters. The lowest BCUT2D eigenvalue weighted by Crippen LogP contribution is -2.35. The number of carbonyl (C=O) groups is 1. The van der Waals surface area contributed by atoms with Crippen LogP contribution in [0.25, 0.3) is 22.5 Å². The fraction of sp³-hybridized carbons (Fsp3) is 0.238. The molecule has 1 fully saturated rings. The molecule has 1 aliphatic heterocycles. The van der Waals surface area contributed by atoms with Crippen LogP contribution in [0.3, 0.4) is 0 Å². The van der Waals surface area contributed by atoms with E-state index in [0.29, 0.717) is 12.2 Å². The maximum atomic E-state index is 11.7. The number of rotatable bonds is 4. The molecule has 27 heavy (non-hydrogen) atoms. The van der Waals surface area contributed by atoms with E-state index < -0.39 is 23.4 Å². The molecule has 5 nitrogen and oxygen atoms in total. The van der Waals surface area contributed by atoms with E-state index in [2.05, 4.69) is 17.6 Å². The summed E-state index contributed by atoms with van der Waals surface area (Å²) >= 11 is 4.65. The summed E-state index contributed by atoms with van der Waals surface area (Å²) in [4.78, 5) is 19.8. The highest BCUT2D eigenvalue weighted by Crippen LogP contribution is 2.36. The Morgan fingerprint density at radius 1 is 1.07 bits per heavy atom. The maximum Gasteiger partial charge on any atom is 0.308 e. The van der Waals surface area contributed by atoms with Gasteiger partial charge in [-0.1, -0.05) is 60.7 Å². The monoisotopic (exact) mass is 380 g/mol. The van der Waals surface area contributed by atoms with Gasteiger partial charge in [-0.2, -0.15) is 12.6 Å². The van der Waals surface area contributed by atoms with E-state index in [4.69, 9.17) is 9.72 Å². The lowest BCUT2D eigenvalue weighted by Gasteiger charge is -2.28. The van der Waals surface area contributed by atoms with Crippen molar-refractivity contribution in [2.45, 2.75) is 30.3 Å². The van der Waals surface area contributed by atoms with Crippen molar-refractivity contribution in [3.8, 4) is 22.5 Å². The van der Waals surface area contributed by atoms with Gasteiger partial charge in [-0.05, 0) is 0 Å². The predicted molar refractivity (Wildman–Crippen MR) is 106 cm³/mol. The van der Waals surface area contributed by atoms with Crippen molar-refractivity contribution in [1.82, 2.24) is 9.97 Å². The first-order valence-electron chi connectivity index (χ1n) is 8.88. The Hall–Kier alpha value is -2.57. The first-order valence-corrected chi connectivity index (χ1v) is 9.40. The fourth-order valence-corrected chi connectivity index (χ4v) is 3.63. The SMILES string of the molecule is O=C1C[C@@H](O)C[C@@H](C(S)c2nc(-c3ccccc3)c(-c3ccccc3)[nH]2)O1. The predicted octanol–water partition coefficient (Wildman–Crippen LogP) is 3.78. The standard InChI is InChI=1S/C21H20N2O3S/c24-15-11-16(26-17(25)12-15)20(27)21-22-18(13-7-3-1-4-8-13)19(23-21)14-9-5-2-6-10-14/h1-10,15-16,20,24,27H,11-12H2,(H,22,23)/t15-,16-,20?/m0/s1. The van der Waals surface area contributed by atoms with Crippen LogP contribution in [0.15, 0.2) is 60.7 Å². The molecule has 2 aromatic carbocycles. The summed E-state index contributed by atoms with van der Waals surface area (Å²) in [6.45, 7) is 0. The second-order valence-electron chi connectivity index (χ2n) is 6.64. The Balaban J connectivity index is 1.74. The van der Waals surface area contributed by atoms with Gasteiger partial charge in [0, 0.05) is 17.5 Å². The van der Waals surface area contributed by atoms with E-state index in [1.165, 1.54) is 0 Å². The number of ether oxygens (including phenoxy) is 1. The van der Waals surface area contributed by atoms with Gasteiger partial charge >= 0.3 is 5.97 Å². The van der Waals surface area contributed by atoms with Gasteiger partial charge in [0.2, 0.25) is 0 Å².